The molecule has 1 nitrogen and oxygen atoms in total. The molecule has 0 N–H and O–H groups in total. The third-order valence-corrected chi connectivity index (χ3v) is 1.98. The van der Waals surface area contributed by atoms with Gasteiger partial charge in [-0.05, 0) is 46.1 Å². The summed E-state index contributed by atoms with van der Waals surface area (Å²) in [4.78, 5) is 4.16. The number of allylic oxidation sites excluding steroid dienone is 2. The predicted molar refractivity (Wildman–Crippen MR) is 60.3 cm³/mol. The van der Waals surface area contributed by atoms with E-state index in [1.54, 1.807) is 0 Å². The molecule has 0 aliphatic rings. The molecule has 72 valence electrons. The van der Waals surface area contributed by atoms with E-state index in [-0.39, 0.29) is 5.54 Å². The molecule has 13 heavy (non-hydrogen) atoms. The van der Waals surface area contributed by atoms with E-state index in [1.165, 1.54) is 5.57 Å². The first-order chi connectivity index (χ1) is 6.04. The van der Waals surface area contributed by atoms with E-state index in [0.29, 0.717) is 0 Å². The fraction of sp³-hybridized carbons (Fsp3) is 0.500. The SMILES string of the molecule is C=C=NC(C)(C=C)CCC=C(C)C. The number of nitrogens with zero attached hydrogens (tertiary/aromatic N) is 1. The van der Waals surface area contributed by atoms with Gasteiger partial charge >= 0.3 is 0 Å². The van der Waals surface area contributed by atoms with Crippen molar-refractivity contribution in [3.8, 4) is 0 Å². The zero-order chi connectivity index (χ0) is 10.3. The van der Waals surface area contributed by atoms with Crippen LogP contribution in [0.15, 0.2) is 35.9 Å². The van der Waals surface area contributed by atoms with Crippen LogP contribution in [-0.4, -0.2) is 11.4 Å². The van der Waals surface area contributed by atoms with Crippen LogP contribution in [0.2, 0.25) is 0 Å². The average molecular weight is 177 g/mol. The summed E-state index contributed by atoms with van der Waals surface area (Å²) < 4.78 is 0. The summed E-state index contributed by atoms with van der Waals surface area (Å²) in [6.45, 7) is 13.5. The molecule has 0 amide bonds. The molecule has 0 aromatic carbocycles. The Hall–Kier alpha value is -1.07. The van der Waals surface area contributed by atoms with E-state index in [4.69, 9.17) is 0 Å². The highest BCUT2D eigenvalue weighted by atomic mass is 14.8. The van der Waals surface area contributed by atoms with Crippen LogP contribution in [0.3, 0.4) is 0 Å². The van der Waals surface area contributed by atoms with Crippen molar-refractivity contribution < 1.29 is 0 Å². The van der Waals surface area contributed by atoms with Crippen molar-refractivity contribution in [2.24, 2.45) is 4.99 Å². The highest BCUT2D eigenvalue weighted by Gasteiger charge is 2.16. The first-order valence-corrected chi connectivity index (χ1v) is 4.55. The van der Waals surface area contributed by atoms with Gasteiger partial charge in [0, 0.05) is 0 Å². The van der Waals surface area contributed by atoms with Gasteiger partial charge in [0.25, 0.3) is 0 Å². The summed E-state index contributed by atoms with van der Waals surface area (Å²) in [6.07, 6.45) is 6.05. The molecule has 0 spiro atoms. The van der Waals surface area contributed by atoms with Crippen LogP contribution in [0.5, 0.6) is 0 Å². The molecule has 1 atom stereocenters. The van der Waals surface area contributed by atoms with Crippen molar-refractivity contribution >= 4 is 5.87 Å². The van der Waals surface area contributed by atoms with Crippen LogP contribution in [0.25, 0.3) is 0 Å². The van der Waals surface area contributed by atoms with Crippen molar-refractivity contribution in [3.63, 3.8) is 0 Å². The third kappa shape index (κ3) is 5.21. The van der Waals surface area contributed by atoms with Crippen LogP contribution in [0, 0.1) is 0 Å². The molecule has 0 radical (unpaired) electrons. The Morgan fingerprint density at radius 1 is 1.54 bits per heavy atom. The Labute approximate surface area is 81.6 Å². The largest absolute Gasteiger partial charge is 0.233 e. The second kappa shape index (κ2) is 5.55. The second-order valence-corrected chi connectivity index (χ2v) is 3.65. The van der Waals surface area contributed by atoms with Crippen LogP contribution in [0.4, 0.5) is 0 Å². The molecule has 1 unspecified atom stereocenters. The quantitative estimate of drug-likeness (QED) is 0.450. The minimum atomic E-state index is -0.201. The molecule has 0 fully saturated rings. The molecular weight excluding hydrogens is 158 g/mol. The lowest BCUT2D eigenvalue weighted by Crippen LogP contribution is -2.17. The number of rotatable bonds is 5. The highest BCUT2D eigenvalue weighted by molar-refractivity contribution is 5.48. The molecular formula is C12H19N. The summed E-state index contributed by atoms with van der Waals surface area (Å²) in [6, 6.07) is 0. The zero-order valence-electron chi connectivity index (χ0n) is 8.93. The average Bonchev–Trinajstić information content (AvgIpc) is 2.04. The molecule has 0 aliphatic heterocycles. The smallest absolute Gasteiger partial charge is 0.0853 e. The van der Waals surface area contributed by atoms with E-state index >= 15 is 0 Å². The molecule has 0 aromatic heterocycles. The molecule has 1 heteroatoms. The Morgan fingerprint density at radius 3 is 2.54 bits per heavy atom. The zero-order valence-corrected chi connectivity index (χ0v) is 8.93. The van der Waals surface area contributed by atoms with E-state index < -0.39 is 0 Å². The second-order valence-electron chi connectivity index (χ2n) is 3.65. The Balaban J connectivity index is 4.21. The van der Waals surface area contributed by atoms with Gasteiger partial charge in [0.15, 0.2) is 0 Å². The first kappa shape index (κ1) is 11.9. The third-order valence-electron chi connectivity index (χ3n) is 1.98. The fourth-order valence-electron chi connectivity index (χ4n) is 1.04. The number of hydrogen-bond donors (Lipinski definition) is 0. The van der Waals surface area contributed by atoms with Gasteiger partial charge in [0.05, 0.1) is 5.54 Å². The van der Waals surface area contributed by atoms with Crippen LogP contribution >= 0.6 is 0 Å². The van der Waals surface area contributed by atoms with Crippen molar-refractivity contribution in [1.29, 1.82) is 0 Å². The van der Waals surface area contributed by atoms with Crippen molar-refractivity contribution in [3.05, 3.63) is 30.9 Å². The molecule has 0 aromatic rings. The van der Waals surface area contributed by atoms with Gasteiger partial charge in [-0.25, -0.2) is 4.99 Å². The number of hydrogen-bond acceptors (Lipinski definition) is 1. The summed E-state index contributed by atoms with van der Waals surface area (Å²) in [7, 11) is 0. The summed E-state index contributed by atoms with van der Waals surface area (Å²) in [5, 5.41) is 0. The van der Waals surface area contributed by atoms with E-state index in [2.05, 4.69) is 43.9 Å². The molecule has 0 rings (SSSR count). The summed E-state index contributed by atoms with van der Waals surface area (Å²) >= 11 is 0. The molecule has 0 bridgehead atoms. The Kier molecular flexibility index (Phi) is 5.10. The van der Waals surface area contributed by atoms with E-state index in [0.717, 1.165) is 12.8 Å². The maximum atomic E-state index is 4.16. The standard InChI is InChI=1S/C12H19N/c1-6-12(5,13-7-2)10-8-9-11(3)4/h6,9H,1-2,8,10H2,3-5H3. The Bertz CT molecular complexity index is 240. The van der Waals surface area contributed by atoms with Crippen LogP contribution in [0.1, 0.15) is 33.6 Å². The highest BCUT2D eigenvalue weighted by Crippen LogP contribution is 2.18. The number of aliphatic imine (C=N–C) groups is 1. The minimum Gasteiger partial charge on any atom is -0.233 e. The predicted octanol–water partition coefficient (Wildman–Crippen LogP) is 3.53. The van der Waals surface area contributed by atoms with E-state index in [1.807, 2.05) is 13.0 Å². The van der Waals surface area contributed by atoms with Crippen molar-refractivity contribution in [1.82, 2.24) is 0 Å². The van der Waals surface area contributed by atoms with E-state index in [9.17, 15) is 0 Å². The Morgan fingerprint density at radius 2 is 2.15 bits per heavy atom. The maximum absolute atomic E-state index is 4.16. The molecule has 0 heterocycles. The molecule has 0 saturated heterocycles. The molecule has 0 saturated carbocycles. The lowest BCUT2D eigenvalue weighted by atomic mass is 9.96. The summed E-state index contributed by atoms with van der Waals surface area (Å²) in [5.74, 6) is 2.58. The van der Waals surface area contributed by atoms with Gasteiger partial charge in [-0.3, -0.25) is 0 Å². The summed E-state index contributed by atoms with van der Waals surface area (Å²) in [5.41, 5.74) is 1.14. The van der Waals surface area contributed by atoms with Gasteiger partial charge in [0.1, 0.15) is 0 Å². The van der Waals surface area contributed by atoms with Gasteiger partial charge in [-0.2, -0.15) is 0 Å². The van der Waals surface area contributed by atoms with Gasteiger partial charge < -0.3 is 0 Å². The van der Waals surface area contributed by atoms with Crippen LogP contribution in [-0.2, 0) is 0 Å². The van der Waals surface area contributed by atoms with Crippen LogP contribution < -0.4 is 0 Å². The van der Waals surface area contributed by atoms with Crippen molar-refractivity contribution in [2.45, 2.75) is 39.2 Å². The van der Waals surface area contributed by atoms with Gasteiger partial charge in [-0.1, -0.05) is 17.7 Å². The lowest BCUT2D eigenvalue weighted by molar-refractivity contribution is 0.546. The topological polar surface area (TPSA) is 12.4 Å². The normalized spacial score (nSPS) is 13.8. The lowest BCUT2D eigenvalue weighted by Gasteiger charge is -2.17. The van der Waals surface area contributed by atoms with Gasteiger partial charge in [0.2, 0.25) is 0 Å². The fourth-order valence-corrected chi connectivity index (χ4v) is 1.04. The van der Waals surface area contributed by atoms with Crippen molar-refractivity contribution in [2.75, 3.05) is 0 Å². The minimum absolute atomic E-state index is 0.201. The van der Waals surface area contributed by atoms with Gasteiger partial charge in [-0.15, -0.1) is 6.58 Å². The monoisotopic (exact) mass is 177 g/mol. The molecule has 0 aliphatic carbocycles. The maximum Gasteiger partial charge on any atom is 0.0853 e. The first-order valence-electron chi connectivity index (χ1n) is 4.55.